The topological polar surface area (TPSA) is 74.8 Å². The molecule has 2 heterocycles. The molecule has 4 rings (SSSR count). The fourth-order valence-electron chi connectivity index (χ4n) is 4.96. The Balaban J connectivity index is 1.50. The molecular weight excluding hydrogens is 332 g/mol. The smallest absolute Gasteiger partial charge is 0.236 e. The van der Waals surface area contributed by atoms with Gasteiger partial charge in [-0.1, -0.05) is 24.3 Å². The van der Waals surface area contributed by atoms with Crippen LogP contribution in [0.15, 0.2) is 24.3 Å². The minimum atomic E-state index is -0.686. The summed E-state index contributed by atoms with van der Waals surface area (Å²) in [6, 6.07) is 0. The zero-order valence-electron chi connectivity index (χ0n) is 15.2. The molecule has 26 heavy (non-hydrogen) atoms. The molecule has 0 spiro atoms. The number of hydrogen-bond acceptors (Lipinski definition) is 4. The monoisotopic (exact) mass is 356 g/mol. The van der Waals surface area contributed by atoms with Crippen molar-refractivity contribution in [3.63, 3.8) is 0 Å². The van der Waals surface area contributed by atoms with E-state index in [1.165, 1.54) is 9.80 Å². The van der Waals surface area contributed by atoms with Gasteiger partial charge in [0.05, 0.1) is 22.7 Å². The number of imide groups is 2. The summed E-state index contributed by atoms with van der Waals surface area (Å²) < 4.78 is 0. The summed E-state index contributed by atoms with van der Waals surface area (Å²) >= 11 is 0. The van der Waals surface area contributed by atoms with Gasteiger partial charge in [-0.05, 0) is 39.5 Å². The molecule has 138 valence electrons. The molecule has 2 fully saturated rings. The molecular formula is C20H24N2O4. The fourth-order valence-corrected chi connectivity index (χ4v) is 4.96. The van der Waals surface area contributed by atoms with Gasteiger partial charge in [0, 0.05) is 13.1 Å². The summed E-state index contributed by atoms with van der Waals surface area (Å²) in [4.78, 5) is 53.6. The van der Waals surface area contributed by atoms with E-state index >= 15 is 0 Å². The molecule has 0 N–H and O–H groups in total. The Morgan fingerprint density at radius 2 is 1.15 bits per heavy atom. The quantitative estimate of drug-likeness (QED) is 0.569. The van der Waals surface area contributed by atoms with Crippen molar-refractivity contribution in [1.82, 2.24) is 9.80 Å². The number of likely N-dealkylation sites (tertiary alicyclic amines) is 2. The Labute approximate surface area is 152 Å². The van der Waals surface area contributed by atoms with E-state index in [-0.39, 0.29) is 48.6 Å². The first-order chi connectivity index (χ1) is 12.3. The zero-order valence-corrected chi connectivity index (χ0v) is 15.2. The largest absolute Gasteiger partial charge is 0.280 e. The Kier molecular flexibility index (Phi) is 3.72. The van der Waals surface area contributed by atoms with Crippen molar-refractivity contribution >= 4 is 23.6 Å². The predicted octanol–water partition coefficient (Wildman–Crippen LogP) is 1.67. The molecule has 0 saturated carbocycles. The number of fused-ring (bicyclic) bond motifs is 2. The maximum Gasteiger partial charge on any atom is 0.236 e. The van der Waals surface area contributed by atoms with Crippen LogP contribution >= 0.6 is 0 Å². The Bertz CT molecular complexity index is 706. The van der Waals surface area contributed by atoms with Crippen molar-refractivity contribution in [3.8, 4) is 0 Å². The lowest BCUT2D eigenvalue weighted by Gasteiger charge is -2.28. The van der Waals surface area contributed by atoms with Gasteiger partial charge in [-0.25, -0.2) is 0 Å². The van der Waals surface area contributed by atoms with Crippen LogP contribution in [-0.4, -0.2) is 46.5 Å². The van der Waals surface area contributed by atoms with Crippen molar-refractivity contribution in [1.29, 1.82) is 0 Å². The van der Waals surface area contributed by atoms with Crippen molar-refractivity contribution in [2.24, 2.45) is 22.7 Å². The molecule has 0 unspecified atom stereocenters. The van der Waals surface area contributed by atoms with Crippen molar-refractivity contribution in [2.75, 3.05) is 13.1 Å². The van der Waals surface area contributed by atoms with E-state index in [2.05, 4.69) is 0 Å². The van der Waals surface area contributed by atoms with Gasteiger partial charge in [-0.2, -0.15) is 0 Å². The summed E-state index contributed by atoms with van der Waals surface area (Å²) in [5, 5.41) is 0. The second-order valence-electron chi connectivity index (χ2n) is 8.35. The second kappa shape index (κ2) is 5.63. The molecule has 0 radical (unpaired) electrons. The first-order valence-corrected chi connectivity index (χ1v) is 9.32. The SMILES string of the molecule is C[C@@]12CC=CC[C@H]1C(=O)N(CCN1C(=O)[C@H]3CC=CC[C@]3(C)C1=O)C2=O. The first kappa shape index (κ1) is 17.2. The van der Waals surface area contributed by atoms with Gasteiger partial charge in [-0.3, -0.25) is 29.0 Å². The van der Waals surface area contributed by atoms with Gasteiger partial charge in [0.2, 0.25) is 23.6 Å². The Hall–Kier alpha value is -2.24. The number of amides is 4. The minimum Gasteiger partial charge on any atom is -0.280 e. The number of nitrogens with zero attached hydrogens (tertiary/aromatic N) is 2. The Morgan fingerprint density at radius 1 is 0.769 bits per heavy atom. The van der Waals surface area contributed by atoms with Crippen molar-refractivity contribution in [3.05, 3.63) is 24.3 Å². The van der Waals surface area contributed by atoms with Gasteiger partial charge in [0.25, 0.3) is 0 Å². The van der Waals surface area contributed by atoms with Crippen LogP contribution in [0.4, 0.5) is 0 Å². The maximum atomic E-state index is 12.8. The molecule has 2 saturated heterocycles. The summed E-state index contributed by atoms with van der Waals surface area (Å²) in [6.07, 6.45) is 10.1. The van der Waals surface area contributed by atoms with Gasteiger partial charge in [0.15, 0.2) is 0 Å². The molecule has 0 aromatic rings. The third kappa shape index (κ3) is 2.10. The molecule has 4 aliphatic rings. The van der Waals surface area contributed by atoms with E-state index in [9.17, 15) is 19.2 Å². The van der Waals surface area contributed by atoms with E-state index in [0.717, 1.165) is 0 Å². The molecule has 4 amide bonds. The number of carbonyl (C=O) groups excluding carboxylic acids is 4. The van der Waals surface area contributed by atoms with Gasteiger partial charge in [0.1, 0.15) is 0 Å². The van der Waals surface area contributed by atoms with Crippen LogP contribution in [0, 0.1) is 22.7 Å². The van der Waals surface area contributed by atoms with Crippen molar-refractivity contribution < 1.29 is 19.2 Å². The molecule has 4 atom stereocenters. The number of allylic oxidation sites excluding steroid dienone is 4. The predicted molar refractivity (Wildman–Crippen MR) is 93.4 cm³/mol. The third-order valence-corrected chi connectivity index (χ3v) is 6.84. The normalized spacial score (nSPS) is 39.0. The van der Waals surface area contributed by atoms with E-state index in [0.29, 0.717) is 25.7 Å². The summed E-state index contributed by atoms with van der Waals surface area (Å²) in [6.45, 7) is 3.87. The second-order valence-corrected chi connectivity index (χ2v) is 8.35. The highest BCUT2D eigenvalue weighted by atomic mass is 16.2. The highest BCUT2D eigenvalue weighted by molar-refractivity contribution is 6.09. The van der Waals surface area contributed by atoms with E-state index in [1.54, 1.807) is 0 Å². The summed E-state index contributed by atoms with van der Waals surface area (Å²) in [5.41, 5.74) is -1.37. The van der Waals surface area contributed by atoms with Crippen LogP contribution in [0.5, 0.6) is 0 Å². The van der Waals surface area contributed by atoms with Crippen LogP contribution in [-0.2, 0) is 19.2 Å². The molecule has 6 nitrogen and oxygen atoms in total. The molecule has 0 aromatic carbocycles. The summed E-state index contributed by atoms with van der Waals surface area (Å²) in [5.74, 6) is -1.36. The summed E-state index contributed by atoms with van der Waals surface area (Å²) in [7, 11) is 0. The highest BCUT2D eigenvalue weighted by Gasteiger charge is 2.58. The third-order valence-electron chi connectivity index (χ3n) is 6.84. The van der Waals surface area contributed by atoms with Gasteiger partial charge >= 0.3 is 0 Å². The van der Waals surface area contributed by atoms with Crippen LogP contribution in [0.3, 0.4) is 0 Å². The lowest BCUT2D eigenvalue weighted by atomic mass is 9.72. The van der Waals surface area contributed by atoms with Crippen LogP contribution in [0.25, 0.3) is 0 Å². The molecule has 0 bridgehead atoms. The van der Waals surface area contributed by atoms with Crippen LogP contribution in [0.1, 0.15) is 39.5 Å². The van der Waals surface area contributed by atoms with E-state index in [4.69, 9.17) is 0 Å². The number of carbonyl (C=O) groups is 4. The number of rotatable bonds is 3. The highest BCUT2D eigenvalue weighted by Crippen LogP contribution is 2.47. The van der Waals surface area contributed by atoms with Gasteiger partial charge in [-0.15, -0.1) is 0 Å². The fraction of sp³-hybridized carbons (Fsp3) is 0.600. The minimum absolute atomic E-state index is 0.0947. The number of hydrogen-bond donors (Lipinski definition) is 0. The Morgan fingerprint density at radius 3 is 1.50 bits per heavy atom. The van der Waals surface area contributed by atoms with Gasteiger partial charge < -0.3 is 0 Å². The van der Waals surface area contributed by atoms with Crippen LogP contribution in [0.2, 0.25) is 0 Å². The average Bonchev–Trinajstić information content (AvgIpc) is 2.93. The molecule has 2 aliphatic carbocycles. The van der Waals surface area contributed by atoms with E-state index < -0.39 is 10.8 Å². The lowest BCUT2D eigenvalue weighted by Crippen LogP contribution is -2.43. The molecule has 6 heteroatoms. The maximum absolute atomic E-state index is 12.8. The lowest BCUT2D eigenvalue weighted by molar-refractivity contribution is -0.146. The average molecular weight is 356 g/mol. The first-order valence-electron chi connectivity index (χ1n) is 9.32. The zero-order chi connectivity index (χ0) is 18.7. The van der Waals surface area contributed by atoms with Crippen LogP contribution < -0.4 is 0 Å². The standard InChI is InChI=1S/C20H24N2O4/c1-19-9-5-3-7-13(19)15(23)21(17(19)25)11-12-22-16(24)14-8-4-6-10-20(14,2)18(22)26/h3-6,13-14H,7-12H2,1-2H3/t13-,14+,19+,20-. The molecule has 0 aromatic heterocycles. The van der Waals surface area contributed by atoms with Crippen molar-refractivity contribution in [2.45, 2.75) is 39.5 Å². The molecule has 2 aliphatic heterocycles. The van der Waals surface area contributed by atoms with E-state index in [1.807, 2.05) is 38.2 Å².